The van der Waals surface area contributed by atoms with E-state index < -0.39 is 53.3 Å². The number of carboxylic acids is 1. The zero-order chi connectivity index (χ0) is 21.1. The van der Waals surface area contributed by atoms with Crippen LogP contribution in [0.25, 0.3) is 0 Å². The summed E-state index contributed by atoms with van der Waals surface area (Å²) in [5, 5.41) is 7.95. The van der Waals surface area contributed by atoms with Crippen molar-refractivity contribution in [3.8, 4) is 0 Å². The van der Waals surface area contributed by atoms with Crippen LogP contribution in [0.2, 0.25) is 5.02 Å². The Kier molecular flexibility index (Phi) is 6.38. The van der Waals surface area contributed by atoms with E-state index in [0.717, 1.165) is 12.1 Å². The third-order valence-corrected chi connectivity index (χ3v) is 4.56. The molecule has 0 spiro atoms. The Bertz CT molecular complexity index is 814. The number of carboxylic acid groups (broad SMARTS) is 1. The van der Waals surface area contributed by atoms with Gasteiger partial charge in [-0.25, -0.2) is 9.59 Å². The largest absolute Gasteiger partial charge is 0.479 e. The molecule has 28 heavy (non-hydrogen) atoms. The molecule has 1 aromatic carbocycles. The molecule has 0 saturated heterocycles. The molecule has 10 heteroatoms. The van der Waals surface area contributed by atoms with Crippen LogP contribution in [0.1, 0.15) is 36.8 Å². The first kappa shape index (κ1) is 21.7. The first-order chi connectivity index (χ1) is 12.9. The Morgan fingerprint density at radius 2 is 1.89 bits per heavy atom. The minimum absolute atomic E-state index is 0.300. The highest BCUT2D eigenvalue weighted by Gasteiger charge is 2.44. The summed E-state index contributed by atoms with van der Waals surface area (Å²) in [5.74, 6) is -3.26. The number of esters is 2. The zero-order valence-electron chi connectivity index (χ0n) is 14.5. The predicted molar refractivity (Wildman–Crippen MR) is 90.4 cm³/mol. The lowest BCUT2D eigenvalue weighted by molar-refractivity contribution is -0.171. The van der Waals surface area contributed by atoms with Crippen molar-refractivity contribution in [3.63, 3.8) is 0 Å². The number of benzene rings is 1. The lowest BCUT2D eigenvalue weighted by Crippen LogP contribution is -2.39. The summed E-state index contributed by atoms with van der Waals surface area (Å²) in [5.41, 5.74) is -2.10. The molecule has 1 aromatic rings. The van der Waals surface area contributed by atoms with Crippen molar-refractivity contribution in [3.05, 3.63) is 46.5 Å². The van der Waals surface area contributed by atoms with Crippen LogP contribution in [-0.4, -0.2) is 29.6 Å². The minimum Gasteiger partial charge on any atom is -0.479 e. The number of hydrogen-bond donors (Lipinski definition) is 1. The van der Waals surface area contributed by atoms with Gasteiger partial charge in [0.15, 0.2) is 6.61 Å². The molecule has 1 saturated carbocycles. The van der Waals surface area contributed by atoms with Crippen LogP contribution in [0.15, 0.2) is 30.4 Å². The van der Waals surface area contributed by atoms with Crippen LogP contribution in [-0.2, 0) is 35.6 Å². The average molecular weight is 421 g/mol. The molecule has 1 aliphatic rings. The number of hydrogen-bond acceptors (Lipinski definition) is 5. The summed E-state index contributed by atoms with van der Waals surface area (Å²) in [6.07, 6.45) is -3.69. The summed E-state index contributed by atoms with van der Waals surface area (Å²) < 4.78 is 48.4. The monoisotopic (exact) mass is 420 g/mol. The maximum atomic E-state index is 12.9. The van der Waals surface area contributed by atoms with Crippen LogP contribution < -0.4 is 0 Å². The third-order valence-electron chi connectivity index (χ3n) is 4.24. The molecule has 1 N–H and O–H groups in total. The lowest BCUT2D eigenvalue weighted by Gasteiger charge is -2.41. The van der Waals surface area contributed by atoms with E-state index >= 15 is 0 Å². The fourth-order valence-corrected chi connectivity index (χ4v) is 2.99. The topological polar surface area (TPSA) is 89.9 Å². The summed E-state index contributed by atoms with van der Waals surface area (Å²) in [6, 6.07) is 3.15. The molecule has 0 amide bonds. The van der Waals surface area contributed by atoms with Gasteiger partial charge in [0, 0.05) is 5.57 Å². The van der Waals surface area contributed by atoms with Crippen LogP contribution in [0, 0.1) is 0 Å². The number of rotatable bonds is 7. The Morgan fingerprint density at radius 1 is 1.25 bits per heavy atom. The van der Waals surface area contributed by atoms with Gasteiger partial charge >= 0.3 is 24.1 Å². The highest BCUT2D eigenvalue weighted by atomic mass is 35.5. The number of alkyl halides is 3. The van der Waals surface area contributed by atoms with Crippen LogP contribution in [0.5, 0.6) is 0 Å². The Labute approximate surface area is 162 Å². The summed E-state index contributed by atoms with van der Waals surface area (Å²) >= 11 is 5.74. The maximum Gasteiger partial charge on any atom is 0.417 e. The molecule has 0 bridgehead atoms. The third kappa shape index (κ3) is 5.03. The van der Waals surface area contributed by atoms with E-state index in [4.69, 9.17) is 21.4 Å². The van der Waals surface area contributed by atoms with E-state index in [9.17, 15) is 27.6 Å². The Morgan fingerprint density at radius 3 is 2.36 bits per heavy atom. The van der Waals surface area contributed by atoms with Crippen molar-refractivity contribution < 1.29 is 42.1 Å². The number of carbonyl (C=O) groups is 3. The summed E-state index contributed by atoms with van der Waals surface area (Å²) in [4.78, 5) is 34.1. The first-order valence-electron chi connectivity index (χ1n) is 8.10. The molecule has 0 radical (unpaired) electrons. The molecule has 0 aliphatic heterocycles. The SMILES string of the molecule is C=C(CC(=O)OC1(c2ccc(C(F)(F)F)c(Cl)c2)CCC1)C(=O)OCC(=O)O. The molecule has 0 unspecified atom stereocenters. The smallest absolute Gasteiger partial charge is 0.417 e. The number of ether oxygens (including phenoxy) is 2. The average Bonchev–Trinajstić information content (AvgIpc) is 2.54. The van der Waals surface area contributed by atoms with E-state index in [-0.39, 0.29) is 5.57 Å². The zero-order valence-corrected chi connectivity index (χ0v) is 15.2. The van der Waals surface area contributed by atoms with Crippen LogP contribution >= 0.6 is 11.6 Å². The molecule has 2 rings (SSSR count). The van der Waals surface area contributed by atoms with Crippen LogP contribution in [0.4, 0.5) is 13.2 Å². The molecular weight excluding hydrogens is 405 g/mol. The first-order valence-corrected chi connectivity index (χ1v) is 8.48. The van der Waals surface area contributed by atoms with E-state index in [0.29, 0.717) is 24.8 Å². The minimum atomic E-state index is -4.60. The van der Waals surface area contributed by atoms with Gasteiger partial charge in [0.05, 0.1) is 17.0 Å². The van der Waals surface area contributed by atoms with E-state index in [2.05, 4.69) is 11.3 Å². The maximum absolute atomic E-state index is 12.9. The van der Waals surface area contributed by atoms with Crippen LogP contribution in [0.3, 0.4) is 0 Å². The molecule has 0 atom stereocenters. The highest BCUT2D eigenvalue weighted by Crippen LogP contribution is 2.47. The number of halogens is 4. The van der Waals surface area contributed by atoms with Gasteiger partial charge in [0.1, 0.15) is 5.60 Å². The van der Waals surface area contributed by atoms with Gasteiger partial charge in [-0.3, -0.25) is 4.79 Å². The lowest BCUT2D eigenvalue weighted by atomic mass is 9.74. The molecule has 1 aliphatic carbocycles. The summed E-state index contributed by atoms with van der Waals surface area (Å²) in [7, 11) is 0. The molecule has 1 fully saturated rings. The van der Waals surface area contributed by atoms with Crippen molar-refractivity contribution in [2.24, 2.45) is 0 Å². The van der Waals surface area contributed by atoms with Gasteiger partial charge in [-0.05, 0) is 37.0 Å². The second kappa shape index (κ2) is 8.22. The van der Waals surface area contributed by atoms with E-state index in [1.54, 1.807) is 0 Å². The number of aliphatic carboxylic acids is 1. The Balaban J connectivity index is 2.08. The van der Waals surface area contributed by atoms with Gasteiger partial charge in [-0.1, -0.05) is 24.2 Å². The van der Waals surface area contributed by atoms with Gasteiger partial charge in [-0.15, -0.1) is 0 Å². The summed E-state index contributed by atoms with van der Waals surface area (Å²) in [6.45, 7) is 2.48. The fourth-order valence-electron chi connectivity index (χ4n) is 2.71. The standard InChI is InChI=1S/C18H16ClF3O6/c1-10(16(26)27-9-14(23)24)7-15(25)28-17(5-2-6-17)11-3-4-12(13(19)8-11)18(20,21)22/h3-4,8H,1-2,5-7,9H2,(H,23,24). The van der Waals surface area contributed by atoms with Crippen molar-refractivity contribution >= 4 is 29.5 Å². The van der Waals surface area contributed by atoms with Crippen molar-refractivity contribution in [2.45, 2.75) is 37.5 Å². The van der Waals surface area contributed by atoms with E-state index in [1.807, 2.05) is 0 Å². The van der Waals surface area contributed by atoms with Gasteiger partial charge in [0.2, 0.25) is 0 Å². The van der Waals surface area contributed by atoms with Gasteiger partial charge in [0.25, 0.3) is 0 Å². The second-order valence-corrected chi connectivity index (χ2v) is 6.67. The second-order valence-electron chi connectivity index (χ2n) is 6.26. The van der Waals surface area contributed by atoms with Crippen molar-refractivity contribution in [2.75, 3.05) is 6.61 Å². The molecule has 152 valence electrons. The van der Waals surface area contributed by atoms with Gasteiger partial charge < -0.3 is 14.6 Å². The normalized spacial score (nSPS) is 15.3. The fraction of sp³-hybridized carbons (Fsp3) is 0.389. The molecular formula is C18H16ClF3O6. The molecule has 6 nitrogen and oxygen atoms in total. The predicted octanol–water partition coefficient (Wildman–Crippen LogP) is 3.86. The highest BCUT2D eigenvalue weighted by molar-refractivity contribution is 6.31. The Hall–Kier alpha value is -2.55. The molecule has 0 heterocycles. The number of carbonyl (C=O) groups excluding carboxylic acids is 2. The van der Waals surface area contributed by atoms with Crippen molar-refractivity contribution in [1.82, 2.24) is 0 Å². The van der Waals surface area contributed by atoms with Crippen molar-refractivity contribution in [1.29, 1.82) is 0 Å². The van der Waals surface area contributed by atoms with E-state index in [1.165, 1.54) is 6.07 Å². The molecule has 0 aromatic heterocycles. The van der Waals surface area contributed by atoms with Gasteiger partial charge in [-0.2, -0.15) is 13.2 Å². The quantitative estimate of drug-likeness (QED) is 0.532.